The molecule has 3 aromatic rings. The highest BCUT2D eigenvalue weighted by molar-refractivity contribution is 5.86. The van der Waals surface area contributed by atoms with Gasteiger partial charge in [-0.1, -0.05) is 30.3 Å². The molecule has 0 spiro atoms. The quantitative estimate of drug-likeness (QED) is 0.673. The van der Waals surface area contributed by atoms with Crippen LogP contribution < -0.4 is 5.32 Å². The van der Waals surface area contributed by atoms with Crippen molar-refractivity contribution in [2.45, 2.75) is 6.92 Å². The maximum atomic E-state index is 13.2. The van der Waals surface area contributed by atoms with Crippen LogP contribution in [0.1, 0.15) is 5.56 Å². The summed E-state index contributed by atoms with van der Waals surface area (Å²) in [6.45, 7) is 1.76. The van der Waals surface area contributed by atoms with E-state index in [2.05, 4.69) is 29.6 Å². The minimum Gasteiger partial charge on any atom is -0.355 e. The lowest BCUT2D eigenvalue weighted by Gasteiger charge is -2.09. The Labute approximate surface area is 111 Å². The second-order valence-electron chi connectivity index (χ2n) is 4.65. The van der Waals surface area contributed by atoms with E-state index in [-0.39, 0.29) is 5.82 Å². The molecule has 0 fully saturated rings. The van der Waals surface area contributed by atoms with Crippen molar-refractivity contribution >= 4 is 22.1 Å². The number of halogens is 1. The lowest BCUT2D eigenvalue weighted by Crippen LogP contribution is -1.92. The zero-order valence-corrected chi connectivity index (χ0v) is 10.7. The predicted octanol–water partition coefficient (Wildman–Crippen LogP) is 5.03. The van der Waals surface area contributed by atoms with Crippen molar-refractivity contribution in [3.05, 3.63) is 72.0 Å². The van der Waals surface area contributed by atoms with Gasteiger partial charge in [0.25, 0.3) is 0 Å². The van der Waals surface area contributed by atoms with E-state index in [0.717, 1.165) is 11.4 Å². The van der Waals surface area contributed by atoms with Crippen molar-refractivity contribution in [3.63, 3.8) is 0 Å². The fourth-order valence-corrected chi connectivity index (χ4v) is 2.16. The first kappa shape index (κ1) is 11.7. The van der Waals surface area contributed by atoms with Crippen molar-refractivity contribution in [1.29, 1.82) is 0 Å². The summed E-state index contributed by atoms with van der Waals surface area (Å²) in [6.07, 6.45) is 0. The summed E-state index contributed by atoms with van der Waals surface area (Å²) in [4.78, 5) is 0. The smallest absolute Gasteiger partial charge is 0.126 e. The van der Waals surface area contributed by atoms with Crippen molar-refractivity contribution < 1.29 is 4.39 Å². The minimum absolute atomic E-state index is 0.177. The van der Waals surface area contributed by atoms with Gasteiger partial charge in [-0.2, -0.15) is 0 Å². The van der Waals surface area contributed by atoms with Crippen LogP contribution >= 0.6 is 0 Å². The third-order valence-electron chi connectivity index (χ3n) is 3.20. The monoisotopic (exact) mass is 251 g/mol. The molecule has 3 aromatic carbocycles. The van der Waals surface area contributed by atoms with E-state index in [1.807, 2.05) is 24.3 Å². The highest BCUT2D eigenvalue weighted by Gasteiger charge is 2.00. The lowest BCUT2D eigenvalue weighted by atomic mass is 10.1. The molecule has 0 atom stereocenters. The molecular formula is C17H14FN. The van der Waals surface area contributed by atoms with E-state index in [1.54, 1.807) is 13.0 Å². The number of rotatable bonds is 2. The third kappa shape index (κ3) is 2.43. The van der Waals surface area contributed by atoms with Gasteiger partial charge < -0.3 is 5.32 Å². The maximum absolute atomic E-state index is 13.2. The van der Waals surface area contributed by atoms with Gasteiger partial charge in [-0.05, 0) is 53.6 Å². The number of benzene rings is 3. The molecule has 0 unspecified atom stereocenters. The average molecular weight is 251 g/mol. The Bertz CT molecular complexity index is 734. The molecule has 94 valence electrons. The second kappa shape index (κ2) is 4.73. The maximum Gasteiger partial charge on any atom is 0.126 e. The van der Waals surface area contributed by atoms with E-state index in [1.165, 1.54) is 16.8 Å². The topological polar surface area (TPSA) is 12.0 Å². The number of hydrogen-bond donors (Lipinski definition) is 1. The van der Waals surface area contributed by atoms with Crippen molar-refractivity contribution in [2.75, 3.05) is 5.32 Å². The Morgan fingerprint density at radius 2 is 1.47 bits per heavy atom. The van der Waals surface area contributed by atoms with Crippen LogP contribution in [0, 0.1) is 12.7 Å². The summed E-state index contributed by atoms with van der Waals surface area (Å²) in [7, 11) is 0. The number of anilines is 2. The largest absolute Gasteiger partial charge is 0.355 e. The Morgan fingerprint density at radius 1 is 0.789 bits per heavy atom. The van der Waals surface area contributed by atoms with E-state index in [4.69, 9.17) is 0 Å². The molecule has 1 nitrogen and oxygen atoms in total. The summed E-state index contributed by atoms with van der Waals surface area (Å²) in [5, 5.41) is 5.70. The zero-order valence-electron chi connectivity index (χ0n) is 10.7. The van der Waals surface area contributed by atoms with Crippen molar-refractivity contribution in [2.24, 2.45) is 0 Å². The Kier molecular flexibility index (Phi) is 2.92. The number of aryl methyl sites for hydroxylation is 1. The van der Waals surface area contributed by atoms with Crippen LogP contribution in [0.3, 0.4) is 0 Å². The SMILES string of the molecule is Cc1cc(Nc2ccc3ccccc3c2)ccc1F. The van der Waals surface area contributed by atoms with Gasteiger partial charge in [-0.15, -0.1) is 0 Å². The van der Waals surface area contributed by atoms with Crippen LogP contribution in [0.5, 0.6) is 0 Å². The molecule has 0 amide bonds. The van der Waals surface area contributed by atoms with E-state index >= 15 is 0 Å². The number of hydrogen-bond acceptors (Lipinski definition) is 1. The predicted molar refractivity (Wildman–Crippen MR) is 78.4 cm³/mol. The summed E-state index contributed by atoms with van der Waals surface area (Å²) >= 11 is 0. The van der Waals surface area contributed by atoms with Crippen LogP contribution in [0.15, 0.2) is 60.7 Å². The standard InChI is InChI=1S/C17H14FN/c1-12-10-15(8-9-17(12)18)19-16-7-6-13-4-2-3-5-14(13)11-16/h2-11,19H,1H3. The van der Waals surface area contributed by atoms with E-state index in [9.17, 15) is 4.39 Å². The Balaban J connectivity index is 1.94. The van der Waals surface area contributed by atoms with Gasteiger partial charge in [0.05, 0.1) is 0 Å². The second-order valence-corrected chi connectivity index (χ2v) is 4.65. The highest BCUT2D eigenvalue weighted by Crippen LogP contribution is 2.23. The van der Waals surface area contributed by atoms with Crippen LogP contribution in [0.2, 0.25) is 0 Å². The molecule has 0 bridgehead atoms. The molecule has 0 saturated heterocycles. The average Bonchev–Trinajstić information content (AvgIpc) is 2.43. The molecule has 0 aliphatic rings. The zero-order chi connectivity index (χ0) is 13.2. The summed E-state index contributed by atoms with van der Waals surface area (Å²) in [5.41, 5.74) is 2.55. The fourth-order valence-electron chi connectivity index (χ4n) is 2.16. The van der Waals surface area contributed by atoms with Gasteiger partial charge in [-0.3, -0.25) is 0 Å². The summed E-state index contributed by atoms with van der Waals surface area (Å²) in [5.74, 6) is -0.177. The van der Waals surface area contributed by atoms with Crippen LogP contribution in [-0.2, 0) is 0 Å². The molecule has 0 aromatic heterocycles. The Hall–Kier alpha value is -2.35. The number of fused-ring (bicyclic) bond motifs is 1. The molecule has 2 heteroatoms. The minimum atomic E-state index is -0.177. The van der Waals surface area contributed by atoms with Gasteiger partial charge in [0, 0.05) is 11.4 Å². The van der Waals surface area contributed by atoms with Crippen molar-refractivity contribution in [1.82, 2.24) is 0 Å². The van der Waals surface area contributed by atoms with Crippen molar-refractivity contribution in [3.8, 4) is 0 Å². The fraction of sp³-hybridized carbons (Fsp3) is 0.0588. The molecule has 0 heterocycles. The molecule has 0 aliphatic carbocycles. The van der Waals surface area contributed by atoms with E-state index in [0.29, 0.717) is 5.56 Å². The van der Waals surface area contributed by atoms with Crippen LogP contribution in [0.25, 0.3) is 10.8 Å². The molecule has 0 saturated carbocycles. The molecule has 0 radical (unpaired) electrons. The number of nitrogens with one attached hydrogen (secondary N) is 1. The van der Waals surface area contributed by atoms with Gasteiger partial charge in [-0.25, -0.2) is 4.39 Å². The molecule has 1 N–H and O–H groups in total. The summed E-state index contributed by atoms with van der Waals surface area (Å²) < 4.78 is 13.2. The van der Waals surface area contributed by atoms with Gasteiger partial charge in [0.15, 0.2) is 0 Å². The first-order chi connectivity index (χ1) is 9.22. The molecular weight excluding hydrogens is 237 g/mol. The Morgan fingerprint density at radius 3 is 2.26 bits per heavy atom. The molecule has 3 rings (SSSR count). The van der Waals surface area contributed by atoms with Crippen LogP contribution in [-0.4, -0.2) is 0 Å². The summed E-state index contributed by atoms with van der Waals surface area (Å²) in [6, 6.07) is 19.5. The third-order valence-corrected chi connectivity index (χ3v) is 3.20. The highest BCUT2D eigenvalue weighted by atomic mass is 19.1. The first-order valence-electron chi connectivity index (χ1n) is 6.24. The van der Waals surface area contributed by atoms with Gasteiger partial charge >= 0.3 is 0 Å². The van der Waals surface area contributed by atoms with Crippen LogP contribution in [0.4, 0.5) is 15.8 Å². The first-order valence-corrected chi connectivity index (χ1v) is 6.24. The van der Waals surface area contributed by atoms with Gasteiger partial charge in [0.1, 0.15) is 5.82 Å². The molecule has 0 aliphatic heterocycles. The van der Waals surface area contributed by atoms with E-state index < -0.39 is 0 Å². The van der Waals surface area contributed by atoms with Gasteiger partial charge in [0.2, 0.25) is 0 Å². The lowest BCUT2D eigenvalue weighted by molar-refractivity contribution is 0.619. The normalized spacial score (nSPS) is 10.6. The molecule has 19 heavy (non-hydrogen) atoms.